The van der Waals surface area contributed by atoms with Gasteiger partial charge in [-0.05, 0) is 67.7 Å². The molecule has 0 bridgehead atoms. The lowest BCUT2D eigenvalue weighted by Crippen LogP contribution is -2.55. The van der Waals surface area contributed by atoms with Crippen LogP contribution >= 0.6 is 15.9 Å². The summed E-state index contributed by atoms with van der Waals surface area (Å²) in [6.45, 7) is 10.9. The Labute approximate surface area is 152 Å². The highest BCUT2D eigenvalue weighted by Gasteiger charge is 2.30. The Bertz CT molecular complexity index is 589. The highest BCUT2D eigenvalue weighted by atomic mass is 79.9. The van der Waals surface area contributed by atoms with Crippen LogP contribution in [0, 0.1) is 5.82 Å². The summed E-state index contributed by atoms with van der Waals surface area (Å²) in [4.78, 5) is 16.4. The van der Waals surface area contributed by atoms with Crippen molar-refractivity contribution in [2.75, 3.05) is 26.2 Å². The molecule has 6 heteroatoms. The zero-order valence-corrected chi connectivity index (χ0v) is 16.4. The molecule has 1 amide bonds. The lowest BCUT2D eigenvalue weighted by molar-refractivity contribution is 0.00163. The summed E-state index contributed by atoms with van der Waals surface area (Å²) in [6.07, 6.45) is 0.620. The summed E-state index contributed by atoms with van der Waals surface area (Å²) in [6, 6.07) is 5.26. The Kier molecular flexibility index (Phi) is 6.26. The number of nitrogens with zero attached hydrogens (tertiary/aromatic N) is 2. The fourth-order valence-corrected chi connectivity index (χ4v) is 3.24. The van der Waals surface area contributed by atoms with E-state index >= 15 is 0 Å². The van der Waals surface area contributed by atoms with Gasteiger partial charge in [-0.3, -0.25) is 4.90 Å². The molecule has 134 valence electrons. The van der Waals surface area contributed by atoms with Crippen molar-refractivity contribution < 1.29 is 13.9 Å². The quantitative estimate of drug-likeness (QED) is 0.766. The minimum Gasteiger partial charge on any atom is -0.444 e. The van der Waals surface area contributed by atoms with Gasteiger partial charge >= 0.3 is 6.09 Å². The molecule has 0 aliphatic carbocycles. The first-order chi connectivity index (χ1) is 11.2. The second kappa shape index (κ2) is 7.83. The molecule has 0 unspecified atom stereocenters. The fraction of sp³-hybridized carbons (Fsp3) is 0.611. The standard InChI is InChI=1S/C18H26BrFN2O2/c1-13-12-21(8-7-14-5-6-16(20)15(19)11-14)9-10-22(13)17(23)24-18(2,3)4/h5-6,11,13H,7-10,12H2,1-4H3/t13-/m1/s1. The number of hydrogen-bond acceptors (Lipinski definition) is 3. The number of hydrogen-bond donors (Lipinski definition) is 0. The molecule has 1 heterocycles. The molecule has 1 aliphatic rings. The summed E-state index contributed by atoms with van der Waals surface area (Å²) in [5, 5.41) is 0. The third-order valence-corrected chi connectivity index (χ3v) is 4.65. The van der Waals surface area contributed by atoms with Crippen LogP contribution in [0.1, 0.15) is 33.3 Å². The van der Waals surface area contributed by atoms with Crippen molar-refractivity contribution in [1.29, 1.82) is 0 Å². The summed E-state index contributed by atoms with van der Waals surface area (Å²) < 4.78 is 19.2. The van der Waals surface area contributed by atoms with Gasteiger partial charge in [0.2, 0.25) is 0 Å². The third kappa shape index (κ3) is 5.45. The number of carbonyl (C=O) groups is 1. The summed E-state index contributed by atoms with van der Waals surface area (Å²) in [7, 11) is 0. The largest absolute Gasteiger partial charge is 0.444 e. The molecule has 0 radical (unpaired) electrons. The van der Waals surface area contributed by atoms with E-state index in [1.807, 2.05) is 39.8 Å². The first-order valence-electron chi connectivity index (χ1n) is 8.31. The van der Waals surface area contributed by atoms with Crippen LogP contribution in [0.25, 0.3) is 0 Å². The van der Waals surface area contributed by atoms with E-state index in [-0.39, 0.29) is 18.0 Å². The maximum atomic E-state index is 13.3. The van der Waals surface area contributed by atoms with Crippen LogP contribution in [0.15, 0.2) is 22.7 Å². The van der Waals surface area contributed by atoms with Gasteiger partial charge in [0.1, 0.15) is 11.4 Å². The molecule has 4 nitrogen and oxygen atoms in total. The maximum Gasteiger partial charge on any atom is 0.410 e. The van der Waals surface area contributed by atoms with Gasteiger partial charge in [0.15, 0.2) is 0 Å². The van der Waals surface area contributed by atoms with Gasteiger partial charge in [0.25, 0.3) is 0 Å². The van der Waals surface area contributed by atoms with Gasteiger partial charge in [0, 0.05) is 32.2 Å². The number of ether oxygens (including phenoxy) is 1. The van der Waals surface area contributed by atoms with Gasteiger partial charge in [-0.2, -0.15) is 0 Å². The van der Waals surface area contributed by atoms with Crippen LogP contribution in [-0.4, -0.2) is 53.7 Å². The van der Waals surface area contributed by atoms with Crippen molar-refractivity contribution in [1.82, 2.24) is 9.80 Å². The average molecular weight is 401 g/mol. The van der Waals surface area contributed by atoms with Crippen molar-refractivity contribution in [2.24, 2.45) is 0 Å². The van der Waals surface area contributed by atoms with Crippen LogP contribution in [0.5, 0.6) is 0 Å². The predicted octanol–water partition coefficient (Wildman–Crippen LogP) is 4.07. The molecule has 0 saturated carbocycles. The highest BCUT2D eigenvalue weighted by Crippen LogP contribution is 2.19. The van der Waals surface area contributed by atoms with E-state index in [9.17, 15) is 9.18 Å². The molecule has 1 aromatic carbocycles. The van der Waals surface area contributed by atoms with Crippen molar-refractivity contribution in [3.05, 3.63) is 34.1 Å². The third-order valence-electron chi connectivity index (χ3n) is 4.04. The predicted molar refractivity (Wildman–Crippen MR) is 96.6 cm³/mol. The number of benzene rings is 1. The van der Waals surface area contributed by atoms with E-state index in [4.69, 9.17) is 4.74 Å². The van der Waals surface area contributed by atoms with E-state index in [0.717, 1.165) is 31.6 Å². The second-order valence-electron chi connectivity index (χ2n) is 7.32. The number of halogens is 2. The monoisotopic (exact) mass is 400 g/mol. The van der Waals surface area contributed by atoms with E-state index in [1.165, 1.54) is 6.07 Å². The van der Waals surface area contributed by atoms with Crippen molar-refractivity contribution in [3.8, 4) is 0 Å². The van der Waals surface area contributed by atoms with E-state index in [0.29, 0.717) is 11.0 Å². The number of amides is 1. The molecule has 1 fully saturated rings. The van der Waals surface area contributed by atoms with Crippen LogP contribution in [0.4, 0.5) is 9.18 Å². The van der Waals surface area contributed by atoms with Crippen molar-refractivity contribution in [2.45, 2.75) is 45.8 Å². The average Bonchev–Trinajstić information content (AvgIpc) is 2.46. The molecule has 0 spiro atoms. The summed E-state index contributed by atoms with van der Waals surface area (Å²) >= 11 is 3.22. The number of piperazine rings is 1. The zero-order valence-electron chi connectivity index (χ0n) is 14.8. The molecule has 2 rings (SSSR count). The van der Waals surface area contributed by atoms with Crippen LogP contribution < -0.4 is 0 Å². The first-order valence-corrected chi connectivity index (χ1v) is 9.11. The normalized spacial score (nSPS) is 19.4. The Morgan fingerprint density at radius 1 is 1.38 bits per heavy atom. The topological polar surface area (TPSA) is 32.8 Å². The van der Waals surface area contributed by atoms with Crippen molar-refractivity contribution >= 4 is 22.0 Å². The molecule has 24 heavy (non-hydrogen) atoms. The van der Waals surface area contributed by atoms with Crippen LogP contribution in [-0.2, 0) is 11.2 Å². The van der Waals surface area contributed by atoms with E-state index in [1.54, 1.807) is 4.90 Å². The van der Waals surface area contributed by atoms with Gasteiger partial charge in [-0.1, -0.05) is 6.07 Å². The molecule has 1 aliphatic heterocycles. The maximum absolute atomic E-state index is 13.3. The minimum atomic E-state index is -0.468. The second-order valence-corrected chi connectivity index (χ2v) is 8.18. The molecular formula is C18H26BrFN2O2. The van der Waals surface area contributed by atoms with Gasteiger partial charge in [-0.25, -0.2) is 9.18 Å². The van der Waals surface area contributed by atoms with E-state index < -0.39 is 5.60 Å². The summed E-state index contributed by atoms with van der Waals surface area (Å²) in [5.41, 5.74) is 0.634. The molecule has 1 saturated heterocycles. The Morgan fingerprint density at radius 3 is 2.67 bits per heavy atom. The molecule has 0 N–H and O–H groups in total. The Hall–Kier alpha value is -1.14. The molecule has 0 aromatic heterocycles. The Balaban J connectivity index is 1.84. The summed E-state index contributed by atoms with van der Waals surface area (Å²) in [5.74, 6) is -0.238. The Morgan fingerprint density at radius 2 is 2.08 bits per heavy atom. The molecule has 1 atom stereocenters. The van der Waals surface area contributed by atoms with Gasteiger partial charge in [-0.15, -0.1) is 0 Å². The van der Waals surface area contributed by atoms with E-state index in [2.05, 4.69) is 20.8 Å². The minimum absolute atomic E-state index is 0.119. The highest BCUT2D eigenvalue weighted by molar-refractivity contribution is 9.10. The number of carbonyl (C=O) groups excluding carboxylic acids is 1. The van der Waals surface area contributed by atoms with Gasteiger partial charge < -0.3 is 9.64 Å². The smallest absolute Gasteiger partial charge is 0.410 e. The van der Waals surface area contributed by atoms with Crippen LogP contribution in [0.3, 0.4) is 0 Å². The number of rotatable bonds is 3. The SMILES string of the molecule is C[C@@H]1CN(CCc2ccc(F)c(Br)c2)CCN1C(=O)OC(C)(C)C. The fourth-order valence-electron chi connectivity index (χ4n) is 2.81. The van der Waals surface area contributed by atoms with Crippen molar-refractivity contribution in [3.63, 3.8) is 0 Å². The first kappa shape index (κ1) is 19.2. The lowest BCUT2D eigenvalue weighted by Gasteiger charge is -2.40. The lowest BCUT2D eigenvalue weighted by atomic mass is 10.1. The van der Waals surface area contributed by atoms with Crippen LogP contribution in [0.2, 0.25) is 0 Å². The zero-order chi connectivity index (χ0) is 17.9. The van der Waals surface area contributed by atoms with Gasteiger partial charge in [0.05, 0.1) is 4.47 Å². The molecular weight excluding hydrogens is 375 g/mol. The molecule has 1 aromatic rings.